The first-order chi connectivity index (χ1) is 11.0. The van der Waals surface area contributed by atoms with E-state index in [1.54, 1.807) is 0 Å². The van der Waals surface area contributed by atoms with E-state index in [4.69, 9.17) is 11.6 Å². The third kappa shape index (κ3) is 5.38. The Bertz CT molecular complexity index is 653. The molecule has 0 radical (unpaired) electrons. The lowest BCUT2D eigenvalue weighted by molar-refractivity contribution is -0.682. The second-order valence-corrected chi connectivity index (χ2v) is 6.54. The summed E-state index contributed by atoms with van der Waals surface area (Å²) in [4.78, 5) is 12.1. The van der Waals surface area contributed by atoms with Gasteiger partial charge in [0.25, 0.3) is 5.91 Å². The fourth-order valence-electron chi connectivity index (χ4n) is 2.37. The second kappa shape index (κ2) is 8.14. The highest BCUT2D eigenvalue weighted by Crippen LogP contribution is 2.17. The third-order valence-electron chi connectivity index (χ3n) is 3.89. The number of hydrogen-bond acceptors (Lipinski definition) is 1. The molecule has 0 aliphatic heterocycles. The van der Waals surface area contributed by atoms with E-state index < -0.39 is 0 Å². The molecule has 0 unspecified atom stereocenters. The third-order valence-corrected chi connectivity index (χ3v) is 4.13. The Morgan fingerprint density at radius 2 is 1.78 bits per heavy atom. The van der Waals surface area contributed by atoms with Crippen LogP contribution >= 0.6 is 11.6 Å². The van der Waals surface area contributed by atoms with Gasteiger partial charge in [-0.1, -0.05) is 49.7 Å². The van der Waals surface area contributed by atoms with Gasteiger partial charge in [-0.05, 0) is 42.7 Å². The smallest absolute Gasteiger partial charge is 0.279 e. The van der Waals surface area contributed by atoms with Crippen molar-refractivity contribution < 1.29 is 10.1 Å². The number of benzene rings is 2. The Kier molecular flexibility index (Phi) is 6.20. The van der Waals surface area contributed by atoms with Crippen molar-refractivity contribution in [1.82, 2.24) is 0 Å². The summed E-state index contributed by atoms with van der Waals surface area (Å²) in [6.07, 6.45) is 0. The molecule has 0 aliphatic rings. The van der Waals surface area contributed by atoms with Crippen molar-refractivity contribution in [2.75, 3.05) is 11.9 Å². The predicted octanol–water partition coefficient (Wildman–Crippen LogP) is 3.73. The Hall–Kier alpha value is -1.84. The molecule has 0 aromatic heterocycles. The summed E-state index contributed by atoms with van der Waals surface area (Å²) in [6, 6.07) is 15.9. The molecule has 0 aliphatic carbocycles. The van der Waals surface area contributed by atoms with Gasteiger partial charge in [-0.15, -0.1) is 0 Å². The molecule has 2 aromatic carbocycles. The summed E-state index contributed by atoms with van der Waals surface area (Å²) in [6.45, 7) is 6.75. The van der Waals surface area contributed by atoms with E-state index in [2.05, 4.69) is 38.2 Å². The van der Waals surface area contributed by atoms with E-state index in [9.17, 15) is 4.79 Å². The monoisotopic (exact) mass is 331 g/mol. The van der Waals surface area contributed by atoms with Gasteiger partial charge in [0, 0.05) is 16.3 Å². The van der Waals surface area contributed by atoms with E-state index in [1.165, 1.54) is 5.56 Å². The molecule has 3 nitrogen and oxygen atoms in total. The zero-order valence-corrected chi connectivity index (χ0v) is 14.6. The first kappa shape index (κ1) is 17.5. The Balaban J connectivity index is 1.85. The molecule has 3 N–H and O–H groups in total. The molecule has 0 spiro atoms. The number of nitrogens with one attached hydrogen (secondary N) is 1. The highest BCUT2D eigenvalue weighted by atomic mass is 35.5. The van der Waals surface area contributed by atoms with Gasteiger partial charge in [0.2, 0.25) is 0 Å². The fourth-order valence-corrected chi connectivity index (χ4v) is 2.57. The van der Waals surface area contributed by atoms with Gasteiger partial charge in [0.05, 0.1) is 0 Å². The van der Waals surface area contributed by atoms with Gasteiger partial charge in [-0.25, -0.2) is 0 Å². The van der Waals surface area contributed by atoms with Crippen molar-refractivity contribution >= 4 is 23.2 Å². The average Bonchev–Trinajstić information content (AvgIpc) is 2.53. The molecule has 0 bridgehead atoms. The minimum absolute atomic E-state index is 0.00354. The summed E-state index contributed by atoms with van der Waals surface area (Å²) in [7, 11) is 0. The molecule has 23 heavy (non-hydrogen) atoms. The summed E-state index contributed by atoms with van der Waals surface area (Å²) < 4.78 is 0. The van der Waals surface area contributed by atoms with Gasteiger partial charge >= 0.3 is 0 Å². The van der Waals surface area contributed by atoms with Crippen molar-refractivity contribution in [3.8, 4) is 0 Å². The van der Waals surface area contributed by atoms with Crippen molar-refractivity contribution in [3.05, 3.63) is 64.7 Å². The molecule has 2 aromatic rings. The van der Waals surface area contributed by atoms with E-state index in [0.717, 1.165) is 16.3 Å². The van der Waals surface area contributed by atoms with Gasteiger partial charge in [0.15, 0.2) is 6.54 Å². The van der Waals surface area contributed by atoms with Crippen LogP contribution in [0.1, 0.15) is 43.9 Å². The number of hydrogen-bond donors (Lipinski definition) is 2. The van der Waals surface area contributed by atoms with Gasteiger partial charge in [-0.2, -0.15) is 0 Å². The maximum absolute atomic E-state index is 12.1. The van der Waals surface area contributed by atoms with Crippen molar-refractivity contribution in [1.29, 1.82) is 0 Å². The van der Waals surface area contributed by atoms with Gasteiger partial charge in [0.1, 0.15) is 6.04 Å². The SMILES string of the molecule is CC(C)c1ccc(NC(=O)C[NH2+][C@@H](C)c2cccc(Cl)c2)cc1. The number of rotatable bonds is 6. The van der Waals surface area contributed by atoms with Crippen molar-refractivity contribution in [3.63, 3.8) is 0 Å². The minimum atomic E-state index is -0.00354. The van der Waals surface area contributed by atoms with Crippen LogP contribution in [-0.2, 0) is 4.79 Å². The summed E-state index contributed by atoms with van der Waals surface area (Å²) in [5.41, 5.74) is 3.22. The van der Waals surface area contributed by atoms with Gasteiger partial charge in [-0.3, -0.25) is 4.79 Å². The van der Waals surface area contributed by atoms with E-state index in [0.29, 0.717) is 12.5 Å². The zero-order valence-electron chi connectivity index (χ0n) is 13.8. The fraction of sp³-hybridized carbons (Fsp3) is 0.316. The summed E-state index contributed by atoms with van der Waals surface area (Å²) >= 11 is 6.00. The standard InChI is InChI=1S/C19H23ClN2O/c1-13(2)15-7-9-18(10-8-15)22-19(23)12-21-14(3)16-5-4-6-17(20)11-16/h4-11,13-14,21H,12H2,1-3H3,(H,22,23)/p+1/t14-/m0/s1. The molecule has 1 amide bonds. The number of carbonyl (C=O) groups is 1. The molecular formula is C19H24ClN2O+. The van der Waals surface area contributed by atoms with Crippen LogP contribution in [0.4, 0.5) is 5.69 Å². The first-order valence-electron chi connectivity index (χ1n) is 7.94. The Morgan fingerprint density at radius 1 is 1.09 bits per heavy atom. The van der Waals surface area contributed by atoms with Crippen LogP contribution in [-0.4, -0.2) is 12.5 Å². The van der Waals surface area contributed by atoms with E-state index in [-0.39, 0.29) is 11.9 Å². The average molecular weight is 332 g/mol. The number of carbonyl (C=O) groups excluding carboxylic acids is 1. The number of nitrogens with two attached hydrogens (primary N) is 1. The normalized spacial score (nSPS) is 12.2. The summed E-state index contributed by atoms with van der Waals surface area (Å²) in [5, 5.41) is 5.65. The topological polar surface area (TPSA) is 45.7 Å². The first-order valence-corrected chi connectivity index (χ1v) is 8.32. The number of anilines is 1. The lowest BCUT2D eigenvalue weighted by Crippen LogP contribution is -2.86. The highest BCUT2D eigenvalue weighted by Gasteiger charge is 2.12. The maximum Gasteiger partial charge on any atom is 0.279 e. The molecule has 0 heterocycles. The van der Waals surface area contributed by atoms with Crippen LogP contribution in [0.15, 0.2) is 48.5 Å². The van der Waals surface area contributed by atoms with Crippen molar-refractivity contribution in [2.24, 2.45) is 0 Å². The maximum atomic E-state index is 12.1. The molecule has 2 rings (SSSR count). The molecule has 4 heteroatoms. The lowest BCUT2D eigenvalue weighted by atomic mass is 10.0. The Morgan fingerprint density at radius 3 is 2.39 bits per heavy atom. The lowest BCUT2D eigenvalue weighted by Gasteiger charge is -2.12. The second-order valence-electron chi connectivity index (χ2n) is 6.11. The van der Waals surface area contributed by atoms with Gasteiger partial charge < -0.3 is 10.6 Å². The van der Waals surface area contributed by atoms with Crippen LogP contribution in [0.2, 0.25) is 5.02 Å². The molecule has 122 valence electrons. The minimum Gasteiger partial charge on any atom is -0.333 e. The van der Waals surface area contributed by atoms with Crippen molar-refractivity contribution in [2.45, 2.75) is 32.7 Å². The molecular weight excluding hydrogens is 308 g/mol. The van der Waals surface area contributed by atoms with E-state index >= 15 is 0 Å². The largest absolute Gasteiger partial charge is 0.333 e. The predicted molar refractivity (Wildman–Crippen MR) is 95.8 cm³/mol. The van der Waals surface area contributed by atoms with Crippen LogP contribution in [0, 0.1) is 0 Å². The quantitative estimate of drug-likeness (QED) is 0.832. The molecule has 0 saturated heterocycles. The van der Waals surface area contributed by atoms with E-state index in [1.807, 2.05) is 41.7 Å². The van der Waals surface area contributed by atoms with Crippen LogP contribution in [0.3, 0.4) is 0 Å². The number of amides is 1. The molecule has 0 saturated carbocycles. The Labute approximate surface area is 143 Å². The van der Waals surface area contributed by atoms with Crippen LogP contribution in [0.25, 0.3) is 0 Å². The highest BCUT2D eigenvalue weighted by molar-refractivity contribution is 6.30. The number of halogens is 1. The molecule has 0 fully saturated rings. The zero-order chi connectivity index (χ0) is 16.8. The molecule has 1 atom stereocenters. The van der Waals surface area contributed by atoms with Crippen LogP contribution in [0.5, 0.6) is 0 Å². The summed E-state index contributed by atoms with van der Waals surface area (Å²) in [5.74, 6) is 0.489. The number of quaternary nitrogens is 1. The van der Waals surface area contributed by atoms with Crippen LogP contribution < -0.4 is 10.6 Å².